The molecule has 0 spiro atoms. The van der Waals surface area contributed by atoms with Crippen molar-refractivity contribution in [1.29, 1.82) is 0 Å². The van der Waals surface area contributed by atoms with Crippen molar-refractivity contribution in [2.24, 2.45) is 5.73 Å². The zero-order chi connectivity index (χ0) is 11.5. The topological polar surface area (TPSA) is 95.2 Å². The van der Waals surface area contributed by atoms with E-state index in [0.29, 0.717) is 17.0 Å². The molecule has 16 heavy (non-hydrogen) atoms. The fraction of sp³-hybridized carbons (Fsp3) is 0.100. The van der Waals surface area contributed by atoms with E-state index in [9.17, 15) is 10.1 Å². The van der Waals surface area contributed by atoms with Gasteiger partial charge in [0.25, 0.3) is 5.69 Å². The lowest BCUT2D eigenvalue weighted by Crippen LogP contribution is -1.95. The number of nitrogens with zero attached hydrogens (tertiary/aromatic N) is 2. The number of hydrogen-bond acceptors (Lipinski definition) is 5. The van der Waals surface area contributed by atoms with Crippen molar-refractivity contribution in [1.82, 2.24) is 5.16 Å². The van der Waals surface area contributed by atoms with Gasteiger partial charge in [0.05, 0.1) is 16.2 Å². The molecule has 1 aromatic carbocycles. The van der Waals surface area contributed by atoms with Crippen LogP contribution in [0.15, 0.2) is 34.9 Å². The summed E-state index contributed by atoms with van der Waals surface area (Å²) < 4.78 is 5.00. The summed E-state index contributed by atoms with van der Waals surface area (Å²) in [4.78, 5) is 10.3. The highest BCUT2D eigenvalue weighted by atomic mass is 16.6. The molecular weight excluding hydrogens is 210 g/mol. The standard InChI is InChI=1S/C10H9N3O3/c11-6-7-5-10(16-12-7)8-3-1-2-4-9(8)13(14)15/h1-5H,6,11H2. The van der Waals surface area contributed by atoms with Crippen molar-refractivity contribution < 1.29 is 9.45 Å². The fourth-order valence-corrected chi connectivity index (χ4v) is 1.38. The number of aromatic nitrogens is 1. The van der Waals surface area contributed by atoms with Crippen LogP contribution in [0.4, 0.5) is 5.69 Å². The van der Waals surface area contributed by atoms with E-state index in [2.05, 4.69) is 5.16 Å². The summed E-state index contributed by atoms with van der Waals surface area (Å²) in [5, 5.41) is 14.5. The number of rotatable bonds is 3. The first kappa shape index (κ1) is 10.3. The second-order valence-electron chi connectivity index (χ2n) is 3.16. The molecule has 0 amide bonds. The lowest BCUT2D eigenvalue weighted by Gasteiger charge is -1.96. The van der Waals surface area contributed by atoms with Crippen molar-refractivity contribution >= 4 is 5.69 Å². The lowest BCUT2D eigenvalue weighted by molar-refractivity contribution is -0.384. The van der Waals surface area contributed by atoms with Crippen molar-refractivity contribution in [3.63, 3.8) is 0 Å². The molecule has 2 aromatic rings. The Balaban J connectivity index is 2.50. The summed E-state index contributed by atoms with van der Waals surface area (Å²) in [6.45, 7) is 0.240. The van der Waals surface area contributed by atoms with Gasteiger partial charge in [-0.05, 0) is 6.07 Å². The molecule has 0 radical (unpaired) electrons. The summed E-state index contributed by atoms with van der Waals surface area (Å²) in [6, 6.07) is 7.93. The molecule has 6 heteroatoms. The number of nitrogens with two attached hydrogens (primary N) is 1. The summed E-state index contributed by atoms with van der Waals surface area (Å²) in [5.41, 5.74) is 6.34. The number of nitro benzene ring substituents is 1. The average Bonchev–Trinajstić information content (AvgIpc) is 2.77. The Morgan fingerprint density at radius 3 is 2.81 bits per heavy atom. The third-order valence-electron chi connectivity index (χ3n) is 2.13. The molecule has 0 atom stereocenters. The molecule has 0 aliphatic carbocycles. The molecule has 2 N–H and O–H groups in total. The SMILES string of the molecule is NCc1cc(-c2ccccc2[N+](=O)[O-])on1. The normalized spacial score (nSPS) is 10.3. The number of hydrogen-bond donors (Lipinski definition) is 1. The van der Waals surface area contributed by atoms with Crippen LogP contribution < -0.4 is 5.73 Å². The zero-order valence-electron chi connectivity index (χ0n) is 8.29. The van der Waals surface area contributed by atoms with Crippen molar-refractivity contribution in [3.8, 4) is 11.3 Å². The van der Waals surface area contributed by atoms with Crippen molar-refractivity contribution in [3.05, 3.63) is 46.1 Å². The highest BCUT2D eigenvalue weighted by Gasteiger charge is 2.17. The van der Waals surface area contributed by atoms with E-state index in [4.69, 9.17) is 10.3 Å². The molecule has 2 rings (SSSR count). The van der Waals surface area contributed by atoms with Crippen molar-refractivity contribution in [2.75, 3.05) is 0 Å². The van der Waals surface area contributed by atoms with E-state index in [1.54, 1.807) is 24.3 Å². The molecule has 0 aliphatic rings. The maximum atomic E-state index is 10.8. The van der Waals surface area contributed by atoms with Crippen LogP contribution in [0.25, 0.3) is 11.3 Å². The predicted octanol–water partition coefficient (Wildman–Crippen LogP) is 1.71. The van der Waals surface area contributed by atoms with Gasteiger partial charge in [-0.15, -0.1) is 0 Å². The van der Waals surface area contributed by atoms with Gasteiger partial charge in [-0.25, -0.2) is 0 Å². The lowest BCUT2D eigenvalue weighted by atomic mass is 10.1. The van der Waals surface area contributed by atoms with Crippen LogP contribution in [0.3, 0.4) is 0 Å². The maximum absolute atomic E-state index is 10.8. The molecule has 6 nitrogen and oxygen atoms in total. The van der Waals surface area contributed by atoms with Gasteiger partial charge in [0.1, 0.15) is 0 Å². The maximum Gasteiger partial charge on any atom is 0.280 e. The molecule has 1 aromatic heterocycles. The molecule has 0 saturated carbocycles. The van der Waals surface area contributed by atoms with Crippen LogP contribution in [0.2, 0.25) is 0 Å². The number of para-hydroxylation sites is 1. The Hall–Kier alpha value is -2.21. The highest BCUT2D eigenvalue weighted by Crippen LogP contribution is 2.29. The van der Waals surface area contributed by atoms with Crippen LogP contribution in [0, 0.1) is 10.1 Å². The smallest absolute Gasteiger partial charge is 0.280 e. The summed E-state index contributed by atoms with van der Waals surface area (Å²) >= 11 is 0. The predicted molar refractivity (Wildman–Crippen MR) is 56.5 cm³/mol. The number of benzene rings is 1. The van der Waals surface area contributed by atoms with Gasteiger partial charge >= 0.3 is 0 Å². The van der Waals surface area contributed by atoms with Crippen LogP contribution in [0.1, 0.15) is 5.69 Å². The second-order valence-corrected chi connectivity index (χ2v) is 3.16. The molecule has 1 heterocycles. The molecular formula is C10H9N3O3. The molecule has 0 unspecified atom stereocenters. The van der Waals surface area contributed by atoms with Gasteiger partial charge in [0.2, 0.25) is 0 Å². The Labute approximate surface area is 90.8 Å². The van der Waals surface area contributed by atoms with Gasteiger partial charge in [-0.2, -0.15) is 0 Å². The Morgan fingerprint density at radius 1 is 1.44 bits per heavy atom. The monoisotopic (exact) mass is 219 g/mol. The van der Waals surface area contributed by atoms with Gasteiger partial charge < -0.3 is 10.3 Å². The largest absolute Gasteiger partial charge is 0.356 e. The summed E-state index contributed by atoms with van der Waals surface area (Å²) in [7, 11) is 0. The molecule has 0 bridgehead atoms. The minimum absolute atomic E-state index is 0.0118. The first-order chi connectivity index (χ1) is 7.72. The van der Waals surface area contributed by atoms with E-state index >= 15 is 0 Å². The quantitative estimate of drug-likeness (QED) is 0.626. The Bertz CT molecular complexity index is 522. The van der Waals surface area contributed by atoms with Gasteiger partial charge in [-0.3, -0.25) is 10.1 Å². The van der Waals surface area contributed by atoms with Crippen LogP contribution >= 0.6 is 0 Å². The van der Waals surface area contributed by atoms with Crippen molar-refractivity contribution in [2.45, 2.75) is 6.54 Å². The average molecular weight is 219 g/mol. The van der Waals surface area contributed by atoms with E-state index in [0.717, 1.165) is 0 Å². The Kier molecular flexibility index (Phi) is 2.65. The van der Waals surface area contributed by atoms with E-state index < -0.39 is 4.92 Å². The zero-order valence-corrected chi connectivity index (χ0v) is 8.29. The molecule has 82 valence electrons. The second kappa shape index (κ2) is 4.11. The molecule has 0 saturated heterocycles. The highest BCUT2D eigenvalue weighted by molar-refractivity contribution is 5.69. The van der Waals surface area contributed by atoms with Crippen LogP contribution in [-0.4, -0.2) is 10.1 Å². The van der Waals surface area contributed by atoms with E-state index in [1.807, 2.05) is 0 Å². The van der Waals surface area contributed by atoms with E-state index in [-0.39, 0.29) is 12.2 Å². The minimum atomic E-state index is -0.458. The Morgan fingerprint density at radius 2 is 2.19 bits per heavy atom. The van der Waals surface area contributed by atoms with E-state index in [1.165, 1.54) is 6.07 Å². The molecule has 0 aliphatic heterocycles. The number of nitro groups is 1. The van der Waals surface area contributed by atoms with Crippen LogP contribution in [0.5, 0.6) is 0 Å². The fourth-order valence-electron chi connectivity index (χ4n) is 1.38. The summed E-state index contributed by atoms with van der Waals surface area (Å²) in [5.74, 6) is 0.354. The van der Waals surface area contributed by atoms with Gasteiger partial charge in [-0.1, -0.05) is 17.3 Å². The first-order valence-corrected chi connectivity index (χ1v) is 4.62. The third-order valence-corrected chi connectivity index (χ3v) is 2.13. The first-order valence-electron chi connectivity index (χ1n) is 4.62. The molecule has 0 fully saturated rings. The van der Waals surface area contributed by atoms with Gasteiger partial charge in [0.15, 0.2) is 5.76 Å². The summed E-state index contributed by atoms with van der Waals surface area (Å²) in [6.07, 6.45) is 0. The third kappa shape index (κ3) is 1.78. The van der Waals surface area contributed by atoms with Crippen LogP contribution in [-0.2, 0) is 6.54 Å². The minimum Gasteiger partial charge on any atom is -0.356 e. The van der Waals surface area contributed by atoms with Gasteiger partial charge in [0, 0.05) is 18.7 Å².